The third kappa shape index (κ3) is 3.76. The van der Waals surface area contributed by atoms with Crippen LogP contribution in [0.25, 0.3) is 0 Å². The molecule has 25 heavy (non-hydrogen) atoms. The zero-order chi connectivity index (χ0) is 17.3. The van der Waals surface area contributed by atoms with Crippen LogP contribution in [0.4, 0.5) is 0 Å². The molecule has 0 bridgehead atoms. The number of fused-ring (bicyclic) bond motifs is 1. The van der Waals surface area contributed by atoms with Crippen molar-refractivity contribution in [2.24, 2.45) is 11.8 Å². The Bertz CT molecular complexity index is 797. The summed E-state index contributed by atoms with van der Waals surface area (Å²) in [7, 11) is -3.23. The van der Waals surface area contributed by atoms with E-state index in [1.54, 1.807) is 4.31 Å². The maximum Gasteiger partial charge on any atom is 0.218 e. The van der Waals surface area contributed by atoms with E-state index in [1.807, 2.05) is 54.7 Å². The molecule has 2 aliphatic rings. The van der Waals surface area contributed by atoms with Crippen LogP contribution >= 0.6 is 0 Å². The van der Waals surface area contributed by atoms with Crippen molar-refractivity contribution < 1.29 is 8.42 Å². The van der Waals surface area contributed by atoms with E-state index in [9.17, 15) is 8.42 Å². The number of likely N-dealkylation sites (tertiary alicyclic amines) is 1. The number of benzene rings is 1. The fraction of sp³-hybridized carbons (Fsp3) is 0.421. The van der Waals surface area contributed by atoms with Gasteiger partial charge in [-0.05, 0) is 29.5 Å². The van der Waals surface area contributed by atoms with Gasteiger partial charge in [0.1, 0.15) is 0 Å². The van der Waals surface area contributed by atoms with Crippen molar-refractivity contribution in [1.82, 2.24) is 14.2 Å². The second-order valence-corrected chi connectivity index (χ2v) is 9.06. The van der Waals surface area contributed by atoms with Gasteiger partial charge in [0, 0.05) is 38.9 Å². The van der Waals surface area contributed by atoms with E-state index in [0.29, 0.717) is 24.9 Å². The predicted octanol–water partition coefficient (Wildman–Crippen LogP) is 1.98. The minimum absolute atomic E-state index is 0.102. The van der Waals surface area contributed by atoms with E-state index < -0.39 is 10.0 Å². The van der Waals surface area contributed by atoms with E-state index in [1.165, 1.54) is 0 Å². The molecular formula is C19H23N3O2S. The minimum Gasteiger partial charge on any atom is -0.297 e. The van der Waals surface area contributed by atoms with Gasteiger partial charge in [0.2, 0.25) is 10.0 Å². The van der Waals surface area contributed by atoms with Crippen LogP contribution in [0, 0.1) is 11.8 Å². The third-order valence-corrected chi connectivity index (χ3v) is 7.01. The Morgan fingerprint density at radius 2 is 1.60 bits per heavy atom. The Morgan fingerprint density at radius 3 is 2.24 bits per heavy atom. The summed E-state index contributed by atoms with van der Waals surface area (Å²) < 4.78 is 27.1. The summed E-state index contributed by atoms with van der Waals surface area (Å²) in [5.74, 6) is 0.980. The maximum absolute atomic E-state index is 12.7. The molecule has 2 atom stereocenters. The molecule has 0 spiro atoms. The van der Waals surface area contributed by atoms with E-state index in [2.05, 4.69) is 9.88 Å². The lowest BCUT2D eigenvalue weighted by Gasteiger charge is -2.21. The van der Waals surface area contributed by atoms with Crippen LogP contribution in [0.5, 0.6) is 0 Å². The smallest absolute Gasteiger partial charge is 0.218 e. The van der Waals surface area contributed by atoms with Crippen LogP contribution in [0.15, 0.2) is 54.7 Å². The first-order valence-electron chi connectivity index (χ1n) is 8.74. The average molecular weight is 357 g/mol. The van der Waals surface area contributed by atoms with Crippen molar-refractivity contribution in [2.75, 3.05) is 26.2 Å². The Kier molecular flexibility index (Phi) is 4.58. The topological polar surface area (TPSA) is 53.5 Å². The molecule has 0 amide bonds. The standard InChI is InChI=1S/C19H23N3O2S/c23-25(24,15-16-6-2-1-3-7-16)22-12-17-10-21(11-18(17)13-22)14-19-8-4-5-9-20-19/h1-9,17-18H,10-15H2. The largest absolute Gasteiger partial charge is 0.297 e. The van der Waals surface area contributed by atoms with E-state index in [0.717, 1.165) is 30.9 Å². The number of hydrogen-bond acceptors (Lipinski definition) is 4. The molecule has 6 heteroatoms. The van der Waals surface area contributed by atoms with Gasteiger partial charge in [-0.15, -0.1) is 0 Å². The first-order chi connectivity index (χ1) is 12.1. The number of pyridine rings is 1. The number of hydrogen-bond donors (Lipinski definition) is 0. The lowest BCUT2D eigenvalue weighted by Crippen LogP contribution is -2.34. The fourth-order valence-electron chi connectivity index (χ4n) is 4.00. The SMILES string of the molecule is O=S(=O)(Cc1ccccc1)N1CC2CN(Cc3ccccn3)CC2C1. The molecule has 5 nitrogen and oxygen atoms in total. The van der Waals surface area contributed by atoms with Crippen LogP contribution in [-0.4, -0.2) is 48.8 Å². The monoisotopic (exact) mass is 357 g/mol. The number of nitrogens with zero attached hydrogens (tertiary/aromatic N) is 3. The highest BCUT2D eigenvalue weighted by Crippen LogP contribution is 2.33. The highest BCUT2D eigenvalue weighted by atomic mass is 32.2. The van der Waals surface area contributed by atoms with Gasteiger partial charge in [0.25, 0.3) is 0 Å². The quantitative estimate of drug-likeness (QED) is 0.821. The Labute approximate surface area is 149 Å². The number of rotatable bonds is 5. The molecule has 2 saturated heterocycles. The zero-order valence-corrected chi connectivity index (χ0v) is 15.0. The molecule has 0 radical (unpaired) electrons. The molecule has 4 rings (SSSR count). The van der Waals surface area contributed by atoms with Crippen molar-refractivity contribution in [1.29, 1.82) is 0 Å². The van der Waals surface area contributed by atoms with Gasteiger partial charge < -0.3 is 0 Å². The lowest BCUT2D eigenvalue weighted by molar-refractivity contribution is 0.286. The molecule has 132 valence electrons. The molecule has 2 aliphatic heterocycles. The second kappa shape index (κ2) is 6.86. The Balaban J connectivity index is 1.36. The van der Waals surface area contributed by atoms with E-state index >= 15 is 0 Å². The van der Waals surface area contributed by atoms with Gasteiger partial charge in [0.05, 0.1) is 11.4 Å². The number of aromatic nitrogens is 1. The molecule has 3 heterocycles. The van der Waals surface area contributed by atoms with Crippen molar-refractivity contribution >= 4 is 10.0 Å². The van der Waals surface area contributed by atoms with Gasteiger partial charge in [-0.3, -0.25) is 9.88 Å². The Morgan fingerprint density at radius 1 is 0.920 bits per heavy atom. The summed E-state index contributed by atoms with van der Waals surface area (Å²) in [5, 5.41) is 0. The van der Waals surface area contributed by atoms with Crippen molar-refractivity contribution in [3.63, 3.8) is 0 Å². The van der Waals surface area contributed by atoms with Crippen LogP contribution < -0.4 is 0 Å². The number of sulfonamides is 1. The molecule has 2 fully saturated rings. The molecule has 2 unspecified atom stereocenters. The van der Waals surface area contributed by atoms with Gasteiger partial charge in [-0.25, -0.2) is 12.7 Å². The van der Waals surface area contributed by atoms with Crippen LogP contribution in [-0.2, 0) is 22.3 Å². The highest BCUT2D eigenvalue weighted by Gasteiger charge is 2.43. The normalized spacial score (nSPS) is 24.5. The summed E-state index contributed by atoms with van der Waals surface area (Å²) in [6.45, 7) is 4.07. The molecular weight excluding hydrogens is 334 g/mol. The second-order valence-electron chi connectivity index (χ2n) is 7.09. The zero-order valence-electron chi connectivity index (χ0n) is 14.2. The predicted molar refractivity (Wildman–Crippen MR) is 97.1 cm³/mol. The molecule has 1 aromatic heterocycles. The van der Waals surface area contributed by atoms with Crippen LogP contribution in [0.3, 0.4) is 0 Å². The molecule has 0 aliphatic carbocycles. The summed E-state index contributed by atoms with van der Waals surface area (Å²) in [6.07, 6.45) is 1.82. The first-order valence-corrected chi connectivity index (χ1v) is 10.3. The molecule has 0 N–H and O–H groups in total. The van der Waals surface area contributed by atoms with Crippen LogP contribution in [0.1, 0.15) is 11.3 Å². The summed E-state index contributed by atoms with van der Waals surface area (Å²) in [5.41, 5.74) is 1.94. The average Bonchev–Trinajstić information content (AvgIpc) is 3.15. The first kappa shape index (κ1) is 16.7. The van der Waals surface area contributed by atoms with Gasteiger partial charge in [-0.1, -0.05) is 36.4 Å². The third-order valence-electron chi connectivity index (χ3n) is 5.23. The summed E-state index contributed by atoms with van der Waals surface area (Å²) in [6, 6.07) is 15.4. The highest BCUT2D eigenvalue weighted by molar-refractivity contribution is 7.88. The van der Waals surface area contributed by atoms with Gasteiger partial charge in [-0.2, -0.15) is 0 Å². The van der Waals surface area contributed by atoms with Crippen LogP contribution in [0.2, 0.25) is 0 Å². The van der Waals surface area contributed by atoms with E-state index in [-0.39, 0.29) is 5.75 Å². The molecule has 2 aromatic rings. The fourth-order valence-corrected chi connectivity index (χ4v) is 5.63. The summed E-state index contributed by atoms with van der Waals surface area (Å²) >= 11 is 0. The lowest BCUT2D eigenvalue weighted by atomic mass is 10.0. The molecule has 0 saturated carbocycles. The van der Waals surface area contributed by atoms with Gasteiger partial charge in [0.15, 0.2) is 0 Å². The van der Waals surface area contributed by atoms with E-state index in [4.69, 9.17) is 0 Å². The maximum atomic E-state index is 12.7. The van der Waals surface area contributed by atoms with Crippen molar-refractivity contribution in [3.05, 3.63) is 66.0 Å². The molecule has 1 aromatic carbocycles. The van der Waals surface area contributed by atoms with Gasteiger partial charge >= 0.3 is 0 Å². The van der Waals surface area contributed by atoms with Crippen molar-refractivity contribution in [2.45, 2.75) is 12.3 Å². The summed E-state index contributed by atoms with van der Waals surface area (Å²) in [4.78, 5) is 6.79. The van der Waals surface area contributed by atoms with Crippen molar-refractivity contribution in [3.8, 4) is 0 Å². The Hall–Kier alpha value is -1.76. The minimum atomic E-state index is -3.23.